The van der Waals surface area contributed by atoms with Crippen molar-refractivity contribution in [1.82, 2.24) is 4.31 Å². The number of hydrogen-bond donors (Lipinski definition) is 1. The van der Waals surface area contributed by atoms with Gasteiger partial charge in [0.25, 0.3) is 0 Å². The Morgan fingerprint density at radius 3 is 2.28 bits per heavy atom. The Hall–Kier alpha value is -2.50. The van der Waals surface area contributed by atoms with Gasteiger partial charge in [-0.2, -0.15) is 4.31 Å². The Balaban J connectivity index is 1.90. The number of rotatable bonds is 8. The predicted molar refractivity (Wildman–Crippen MR) is 157 cm³/mol. The van der Waals surface area contributed by atoms with E-state index in [9.17, 15) is 18.3 Å². The second kappa shape index (κ2) is 11.2. The van der Waals surface area contributed by atoms with Crippen LogP contribution in [-0.2, 0) is 25.7 Å². The first-order valence-electron chi connectivity index (χ1n) is 12.9. The Kier molecular flexibility index (Phi) is 8.44. The van der Waals surface area contributed by atoms with Crippen LogP contribution in [-0.4, -0.2) is 51.8 Å². The van der Waals surface area contributed by atoms with Gasteiger partial charge in [-0.15, -0.1) is 11.3 Å². The fraction of sp³-hybridized carbons (Fsp3) is 0.414. The summed E-state index contributed by atoms with van der Waals surface area (Å²) in [6.07, 6.45) is -0.209. The first-order valence-corrected chi connectivity index (χ1v) is 18.2. The molecule has 0 radical (unpaired) electrons. The summed E-state index contributed by atoms with van der Waals surface area (Å²) in [5.74, 6) is -1.27. The first kappa shape index (κ1) is 29.5. The van der Waals surface area contributed by atoms with Crippen molar-refractivity contribution in [3.8, 4) is 5.75 Å². The standard InChI is InChI=1S/C29H37NO6S2Si/c1-29(2,3)39(5,6)36-25-19-30(38(33,34)22-14-12-21(35-4)13-15-22)26(28(31)32)24(23-16-17-37-27(23)25)18-20-10-8-7-9-11-20/h7-17,24-26H,18-19H2,1-6H3,(H,31,32). The van der Waals surface area contributed by atoms with Crippen LogP contribution in [0.2, 0.25) is 18.1 Å². The van der Waals surface area contributed by atoms with Gasteiger partial charge in [0.05, 0.1) is 18.1 Å². The minimum absolute atomic E-state index is 0.0179. The molecule has 1 aliphatic heterocycles. The number of aliphatic carboxylic acids is 1. The molecular formula is C29H37NO6S2Si. The third kappa shape index (κ3) is 6.00. The zero-order valence-electron chi connectivity index (χ0n) is 23.2. The third-order valence-corrected chi connectivity index (χ3v) is 15.3. The van der Waals surface area contributed by atoms with Crippen molar-refractivity contribution in [1.29, 1.82) is 0 Å². The van der Waals surface area contributed by atoms with E-state index in [-0.39, 0.29) is 16.5 Å². The molecule has 2 heterocycles. The van der Waals surface area contributed by atoms with E-state index in [2.05, 4.69) is 33.9 Å². The van der Waals surface area contributed by atoms with E-state index in [4.69, 9.17) is 9.16 Å². The molecule has 3 unspecified atom stereocenters. The van der Waals surface area contributed by atoms with Crippen molar-refractivity contribution in [2.24, 2.45) is 0 Å². The number of carboxylic acids is 1. The Morgan fingerprint density at radius 1 is 1.08 bits per heavy atom. The topological polar surface area (TPSA) is 93.1 Å². The van der Waals surface area contributed by atoms with E-state index >= 15 is 0 Å². The van der Waals surface area contributed by atoms with E-state index in [1.807, 2.05) is 41.8 Å². The van der Waals surface area contributed by atoms with Crippen molar-refractivity contribution in [2.75, 3.05) is 13.7 Å². The summed E-state index contributed by atoms with van der Waals surface area (Å²) in [5.41, 5.74) is 1.78. The number of carbonyl (C=O) groups is 1. The molecule has 0 saturated carbocycles. The summed E-state index contributed by atoms with van der Waals surface area (Å²) in [5, 5.41) is 12.5. The van der Waals surface area contributed by atoms with Crippen molar-refractivity contribution in [2.45, 2.75) is 68.3 Å². The predicted octanol–water partition coefficient (Wildman–Crippen LogP) is 6.30. The van der Waals surface area contributed by atoms with Crippen LogP contribution in [0, 0.1) is 0 Å². The van der Waals surface area contributed by atoms with Crippen LogP contribution in [0.15, 0.2) is 70.9 Å². The highest BCUT2D eigenvalue weighted by Gasteiger charge is 2.49. The minimum Gasteiger partial charge on any atom is -0.497 e. The Bertz CT molecular complexity index is 1400. The van der Waals surface area contributed by atoms with Gasteiger partial charge < -0.3 is 14.3 Å². The molecule has 1 aliphatic rings. The number of carboxylic acid groups (broad SMARTS) is 1. The van der Waals surface area contributed by atoms with Crippen LogP contribution in [0.3, 0.4) is 0 Å². The van der Waals surface area contributed by atoms with E-state index in [1.165, 1.54) is 30.6 Å². The fourth-order valence-corrected chi connectivity index (χ4v) is 8.72. The molecule has 3 aromatic rings. The third-order valence-electron chi connectivity index (χ3n) is 7.92. The molecule has 1 aromatic heterocycles. The molecule has 7 nitrogen and oxygen atoms in total. The minimum atomic E-state index is -4.21. The summed E-state index contributed by atoms with van der Waals surface area (Å²) in [6, 6.07) is 16.3. The van der Waals surface area contributed by atoms with Crippen LogP contribution in [0.4, 0.5) is 0 Å². The maximum Gasteiger partial charge on any atom is 0.322 e. The maximum atomic E-state index is 14.2. The van der Waals surface area contributed by atoms with Gasteiger partial charge in [-0.05, 0) is 71.4 Å². The van der Waals surface area contributed by atoms with Crippen LogP contribution in [0.5, 0.6) is 5.75 Å². The molecular weight excluding hydrogens is 551 g/mol. The molecule has 0 bridgehead atoms. The molecule has 0 aliphatic carbocycles. The molecule has 210 valence electrons. The van der Waals surface area contributed by atoms with Crippen LogP contribution in [0.25, 0.3) is 0 Å². The molecule has 2 aromatic carbocycles. The number of sulfonamides is 1. The van der Waals surface area contributed by atoms with Gasteiger partial charge in [0.1, 0.15) is 11.8 Å². The lowest BCUT2D eigenvalue weighted by Gasteiger charge is -2.40. The summed E-state index contributed by atoms with van der Waals surface area (Å²) in [7, 11) is -5.07. The van der Waals surface area contributed by atoms with E-state index in [0.29, 0.717) is 12.2 Å². The average Bonchev–Trinajstić information content (AvgIpc) is 3.32. The van der Waals surface area contributed by atoms with E-state index < -0.39 is 42.4 Å². The summed E-state index contributed by atoms with van der Waals surface area (Å²) in [6.45, 7) is 10.6. The highest BCUT2D eigenvalue weighted by Crippen LogP contribution is 2.46. The first-order chi connectivity index (χ1) is 18.3. The molecule has 3 atom stereocenters. The fourth-order valence-electron chi connectivity index (χ4n) is 4.77. The summed E-state index contributed by atoms with van der Waals surface area (Å²) in [4.78, 5) is 13.9. The Labute approximate surface area is 236 Å². The molecule has 10 heteroatoms. The normalized spacial score (nSPS) is 20.7. The molecule has 0 fully saturated rings. The van der Waals surface area contributed by atoms with Gasteiger partial charge >= 0.3 is 5.97 Å². The number of thiophene rings is 1. The average molecular weight is 588 g/mol. The van der Waals surface area contributed by atoms with Gasteiger partial charge in [-0.25, -0.2) is 8.42 Å². The highest BCUT2D eigenvalue weighted by molar-refractivity contribution is 7.89. The van der Waals surface area contributed by atoms with E-state index in [1.54, 1.807) is 12.1 Å². The number of nitrogens with zero attached hydrogens (tertiary/aromatic N) is 1. The zero-order chi connectivity index (χ0) is 28.6. The van der Waals surface area contributed by atoms with Crippen molar-refractivity contribution < 1.29 is 27.5 Å². The molecule has 0 amide bonds. The number of fused-ring (bicyclic) bond motifs is 1. The van der Waals surface area contributed by atoms with Gasteiger partial charge in [0.2, 0.25) is 10.0 Å². The quantitative estimate of drug-likeness (QED) is 0.311. The smallest absolute Gasteiger partial charge is 0.322 e. The van der Waals surface area contributed by atoms with Crippen LogP contribution >= 0.6 is 11.3 Å². The number of benzene rings is 2. The van der Waals surface area contributed by atoms with E-state index in [0.717, 1.165) is 20.3 Å². The van der Waals surface area contributed by atoms with Gasteiger partial charge in [0, 0.05) is 17.3 Å². The second-order valence-corrected chi connectivity index (χ2v) is 19.0. The van der Waals surface area contributed by atoms with Crippen molar-refractivity contribution in [3.05, 3.63) is 82.0 Å². The number of methoxy groups -OCH3 is 1. The highest BCUT2D eigenvalue weighted by atomic mass is 32.2. The number of hydrogen-bond acceptors (Lipinski definition) is 6. The lowest BCUT2D eigenvalue weighted by Crippen LogP contribution is -2.50. The van der Waals surface area contributed by atoms with Gasteiger partial charge in [-0.3, -0.25) is 4.79 Å². The van der Waals surface area contributed by atoms with Crippen molar-refractivity contribution >= 4 is 35.6 Å². The molecule has 0 saturated heterocycles. The lowest BCUT2D eigenvalue weighted by atomic mass is 9.86. The van der Waals surface area contributed by atoms with Gasteiger partial charge in [-0.1, -0.05) is 51.1 Å². The summed E-state index contributed by atoms with van der Waals surface area (Å²) >= 11 is 1.51. The number of ether oxygens (including phenoxy) is 1. The largest absolute Gasteiger partial charge is 0.497 e. The second-order valence-electron chi connectivity index (χ2n) is 11.4. The SMILES string of the molecule is COc1ccc(S(=O)(=O)N2CC(O[Si](C)(C)C(C)(C)C)c3sccc3C(Cc3ccccc3)C2C(=O)O)cc1. The maximum absolute atomic E-state index is 14.2. The van der Waals surface area contributed by atoms with Crippen LogP contribution in [0.1, 0.15) is 48.8 Å². The molecule has 4 rings (SSSR count). The lowest BCUT2D eigenvalue weighted by molar-refractivity contribution is -0.142. The molecule has 0 spiro atoms. The molecule has 1 N–H and O–H groups in total. The van der Waals surface area contributed by atoms with Gasteiger partial charge in [0.15, 0.2) is 8.32 Å². The van der Waals surface area contributed by atoms with Crippen molar-refractivity contribution in [3.63, 3.8) is 0 Å². The zero-order valence-corrected chi connectivity index (χ0v) is 25.9. The summed E-state index contributed by atoms with van der Waals surface area (Å²) < 4.78 is 41.7. The Morgan fingerprint density at radius 2 is 1.72 bits per heavy atom. The monoisotopic (exact) mass is 587 g/mol. The molecule has 39 heavy (non-hydrogen) atoms. The van der Waals surface area contributed by atoms with Crippen LogP contribution < -0.4 is 4.74 Å².